The molecule has 1 heterocycles. The van der Waals surface area contributed by atoms with E-state index in [-0.39, 0.29) is 5.41 Å². The average molecular weight is 284 g/mol. The van der Waals surface area contributed by atoms with E-state index in [1.54, 1.807) is 0 Å². The molecule has 2 N–H and O–H groups in total. The summed E-state index contributed by atoms with van der Waals surface area (Å²) in [6, 6.07) is 0. The minimum absolute atomic E-state index is 0.102. The molecule has 0 aromatic rings. The maximum Gasteiger partial charge on any atom is 0.0744 e. The number of hydrogen-bond donors (Lipinski definition) is 2. The van der Waals surface area contributed by atoms with Gasteiger partial charge < -0.3 is 14.9 Å². The molecule has 0 bridgehead atoms. The van der Waals surface area contributed by atoms with Crippen LogP contribution in [0.4, 0.5) is 0 Å². The first-order valence-electron chi connectivity index (χ1n) is 8.24. The van der Waals surface area contributed by atoms with Crippen molar-refractivity contribution in [3.8, 4) is 0 Å². The Balaban J connectivity index is 2.05. The van der Waals surface area contributed by atoms with Crippen LogP contribution in [-0.2, 0) is 4.74 Å². The molecule has 20 heavy (non-hydrogen) atoms. The van der Waals surface area contributed by atoms with Crippen molar-refractivity contribution in [3.63, 3.8) is 0 Å². The molecule has 0 amide bonds. The third kappa shape index (κ3) is 2.77. The van der Waals surface area contributed by atoms with Crippen molar-refractivity contribution >= 4 is 0 Å². The van der Waals surface area contributed by atoms with Gasteiger partial charge in [-0.15, -0.1) is 0 Å². The molecule has 1 aliphatic carbocycles. The Morgan fingerprint density at radius 1 is 1.00 bits per heavy atom. The fraction of sp³-hybridized carbons (Fsp3) is 1.00. The van der Waals surface area contributed by atoms with Crippen molar-refractivity contribution in [2.24, 2.45) is 17.3 Å². The number of hydrogen-bond acceptors (Lipinski definition) is 3. The quantitative estimate of drug-likeness (QED) is 0.837. The second kappa shape index (κ2) is 5.58. The second-order valence-electron chi connectivity index (χ2n) is 7.90. The zero-order valence-corrected chi connectivity index (χ0v) is 13.6. The van der Waals surface area contributed by atoms with Gasteiger partial charge in [0.1, 0.15) is 0 Å². The molecule has 0 unspecified atom stereocenters. The average Bonchev–Trinajstić information content (AvgIpc) is 2.40. The van der Waals surface area contributed by atoms with Crippen LogP contribution in [0.5, 0.6) is 0 Å². The van der Waals surface area contributed by atoms with E-state index in [0.29, 0.717) is 25.0 Å². The highest BCUT2D eigenvalue weighted by atomic mass is 16.5. The van der Waals surface area contributed by atoms with Gasteiger partial charge in [0.25, 0.3) is 0 Å². The molecule has 0 aromatic carbocycles. The predicted octanol–water partition coefficient (Wildman–Crippen LogP) is 3.13. The molecule has 3 nitrogen and oxygen atoms in total. The largest absolute Gasteiger partial charge is 0.390 e. The van der Waals surface area contributed by atoms with Gasteiger partial charge in [0.05, 0.1) is 11.2 Å². The van der Waals surface area contributed by atoms with E-state index in [0.717, 1.165) is 38.5 Å². The maximum absolute atomic E-state index is 11.0. The molecule has 0 spiro atoms. The topological polar surface area (TPSA) is 49.7 Å². The lowest BCUT2D eigenvalue weighted by atomic mass is 9.57. The SMILES string of the molecule is CC(C)C1(O)CCC(C(C)(C)C2(O)CCOCC2)CC1. The van der Waals surface area contributed by atoms with E-state index in [1.807, 2.05) is 0 Å². The molecule has 0 radical (unpaired) electrons. The number of aliphatic hydroxyl groups is 2. The van der Waals surface area contributed by atoms with Crippen LogP contribution in [0, 0.1) is 17.3 Å². The third-order valence-corrected chi connectivity index (χ3v) is 6.47. The standard InChI is InChI=1S/C17H32O3/c1-13(2)16(18)7-5-14(6-8-16)15(3,4)17(19)9-11-20-12-10-17/h13-14,18-19H,5-12H2,1-4H3. The molecule has 1 aliphatic heterocycles. The van der Waals surface area contributed by atoms with Gasteiger partial charge in [0.2, 0.25) is 0 Å². The summed E-state index contributed by atoms with van der Waals surface area (Å²) in [5, 5.41) is 21.7. The number of ether oxygens (including phenoxy) is 1. The molecule has 1 saturated heterocycles. The van der Waals surface area contributed by atoms with Gasteiger partial charge in [-0.2, -0.15) is 0 Å². The minimum atomic E-state index is -0.608. The summed E-state index contributed by atoms with van der Waals surface area (Å²) < 4.78 is 5.41. The van der Waals surface area contributed by atoms with Crippen LogP contribution >= 0.6 is 0 Å². The summed E-state index contributed by atoms with van der Waals surface area (Å²) in [6.45, 7) is 9.98. The second-order valence-corrected chi connectivity index (χ2v) is 7.90. The van der Waals surface area contributed by atoms with E-state index in [1.165, 1.54) is 0 Å². The summed E-state index contributed by atoms with van der Waals surface area (Å²) in [5.41, 5.74) is -1.21. The van der Waals surface area contributed by atoms with E-state index < -0.39 is 11.2 Å². The normalized spacial score (nSPS) is 35.2. The van der Waals surface area contributed by atoms with Gasteiger partial charge in [-0.3, -0.25) is 0 Å². The zero-order chi connectivity index (χ0) is 15.0. The van der Waals surface area contributed by atoms with E-state index in [2.05, 4.69) is 27.7 Å². The van der Waals surface area contributed by atoms with E-state index >= 15 is 0 Å². The Hall–Kier alpha value is -0.120. The highest BCUT2D eigenvalue weighted by Crippen LogP contribution is 2.51. The van der Waals surface area contributed by atoms with Crippen molar-refractivity contribution in [1.82, 2.24) is 0 Å². The smallest absolute Gasteiger partial charge is 0.0744 e. The van der Waals surface area contributed by atoms with Crippen molar-refractivity contribution in [1.29, 1.82) is 0 Å². The first kappa shape index (κ1) is 16.3. The van der Waals surface area contributed by atoms with E-state index in [4.69, 9.17) is 4.74 Å². The van der Waals surface area contributed by atoms with Crippen LogP contribution in [0.2, 0.25) is 0 Å². The molecule has 0 aromatic heterocycles. The van der Waals surface area contributed by atoms with Crippen molar-refractivity contribution in [3.05, 3.63) is 0 Å². The maximum atomic E-state index is 11.0. The van der Waals surface area contributed by atoms with Crippen LogP contribution in [0.25, 0.3) is 0 Å². The molecule has 2 rings (SSSR count). The van der Waals surface area contributed by atoms with Crippen molar-refractivity contribution < 1.29 is 14.9 Å². The Bertz CT molecular complexity index is 321. The van der Waals surface area contributed by atoms with Gasteiger partial charge in [-0.05, 0) is 42.9 Å². The highest BCUT2D eigenvalue weighted by Gasteiger charge is 2.50. The van der Waals surface area contributed by atoms with Crippen LogP contribution in [0.1, 0.15) is 66.2 Å². The molecular weight excluding hydrogens is 252 g/mol. The molecule has 2 fully saturated rings. The fourth-order valence-corrected chi connectivity index (χ4v) is 4.15. The molecule has 0 atom stereocenters. The molecular formula is C17H32O3. The summed E-state index contributed by atoms with van der Waals surface area (Å²) in [4.78, 5) is 0. The van der Waals surface area contributed by atoms with Crippen LogP contribution < -0.4 is 0 Å². The van der Waals surface area contributed by atoms with Crippen LogP contribution in [0.15, 0.2) is 0 Å². The summed E-state index contributed by atoms with van der Waals surface area (Å²) in [5.74, 6) is 0.808. The highest BCUT2D eigenvalue weighted by molar-refractivity contribution is 5.01. The van der Waals surface area contributed by atoms with Gasteiger partial charge >= 0.3 is 0 Å². The summed E-state index contributed by atoms with van der Waals surface area (Å²) >= 11 is 0. The molecule has 118 valence electrons. The molecule has 3 heteroatoms. The molecule has 2 aliphatic rings. The van der Waals surface area contributed by atoms with Gasteiger partial charge in [0.15, 0.2) is 0 Å². The number of rotatable bonds is 3. The monoisotopic (exact) mass is 284 g/mol. The summed E-state index contributed by atoms with van der Waals surface area (Å²) in [7, 11) is 0. The lowest BCUT2D eigenvalue weighted by molar-refractivity contribution is -0.165. The Morgan fingerprint density at radius 3 is 1.95 bits per heavy atom. The lowest BCUT2D eigenvalue weighted by Crippen LogP contribution is -2.54. The van der Waals surface area contributed by atoms with Crippen molar-refractivity contribution in [2.75, 3.05) is 13.2 Å². The third-order valence-electron chi connectivity index (χ3n) is 6.47. The van der Waals surface area contributed by atoms with Crippen molar-refractivity contribution in [2.45, 2.75) is 77.4 Å². The van der Waals surface area contributed by atoms with Gasteiger partial charge in [0, 0.05) is 26.1 Å². The Labute approximate surface area is 123 Å². The van der Waals surface area contributed by atoms with Gasteiger partial charge in [-0.1, -0.05) is 27.7 Å². The van der Waals surface area contributed by atoms with Crippen LogP contribution in [0.3, 0.4) is 0 Å². The Morgan fingerprint density at radius 2 is 1.50 bits per heavy atom. The van der Waals surface area contributed by atoms with E-state index in [9.17, 15) is 10.2 Å². The van der Waals surface area contributed by atoms with Crippen LogP contribution in [-0.4, -0.2) is 34.6 Å². The van der Waals surface area contributed by atoms with Gasteiger partial charge in [-0.25, -0.2) is 0 Å². The first-order chi connectivity index (χ1) is 9.21. The first-order valence-corrected chi connectivity index (χ1v) is 8.24. The zero-order valence-electron chi connectivity index (χ0n) is 13.6. The predicted molar refractivity (Wildman–Crippen MR) is 80.5 cm³/mol. The lowest BCUT2D eigenvalue weighted by Gasteiger charge is -2.52. The molecule has 1 saturated carbocycles. The minimum Gasteiger partial charge on any atom is -0.390 e. The fourth-order valence-electron chi connectivity index (χ4n) is 4.15. The Kier molecular flexibility index (Phi) is 4.54. The summed E-state index contributed by atoms with van der Waals surface area (Å²) in [6.07, 6.45) is 5.25.